The third kappa shape index (κ3) is 2.67. The highest BCUT2D eigenvalue weighted by Gasteiger charge is 2.21. The second-order valence-electron chi connectivity index (χ2n) is 3.98. The van der Waals surface area contributed by atoms with Crippen molar-refractivity contribution in [3.05, 3.63) is 29.8 Å². The van der Waals surface area contributed by atoms with Crippen molar-refractivity contribution in [1.82, 2.24) is 19.6 Å². The summed E-state index contributed by atoms with van der Waals surface area (Å²) >= 11 is 0. The van der Waals surface area contributed by atoms with Gasteiger partial charge in [-0.3, -0.25) is 9.48 Å². The third-order valence-electron chi connectivity index (χ3n) is 2.54. The molecule has 0 atom stereocenters. The first-order chi connectivity index (χ1) is 9.52. The van der Waals surface area contributed by atoms with Gasteiger partial charge in [-0.1, -0.05) is 0 Å². The maximum absolute atomic E-state index is 12.0. The lowest BCUT2D eigenvalue weighted by Gasteiger charge is -2.02. The number of nitrogens with one attached hydrogen (secondary N) is 1. The minimum atomic E-state index is -1.22. The zero-order chi connectivity index (χ0) is 14.7. The maximum Gasteiger partial charge on any atom is 0.354 e. The average molecular weight is 279 g/mol. The lowest BCUT2D eigenvalue weighted by Crippen LogP contribution is -2.16. The first kappa shape index (κ1) is 13.7. The van der Waals surface area contributed by atoms with Crippen molar-refractivity contribution >= 4 is 17.6 Å². The summed E-state index contributed by atoms with van der Waals surface area (Å²) < 4.78 is 7.50. The standard InChI is InChI=1S/C11H13N5O4/c1-15-9(11(18)19)8(4-12-15)10(17)14-7-3-13-16(5-7)6-20-2/h3-5H,6H2,1-2H3,(H,14,17)(H,18,19). The van der Waals surface area contributed by atoms with E-state index < -0.39 is 11.9 Å². The van der Waals surface area contributed by atoms with Crippen LogP contribution in [0.25, 0.3) is 0 Å². The van der Waals surface area contributed by atoms with Crippen molar-refractivity contribution in [2.45, 2.75) is 6.73 Å². The zero-order valence-corrected chi connectivity index (χ0v) is 10.9. The van der Waals surface area contributed by atoms with Crippen LogP contribution in [0.1, 0.15) is 20.8 Å². The molecule has 0 saturated carbocycles. The monoisotopic (exact) mass is 279 g/mol. The van der Waals surface area contributed by atoms with E-state index in [0.717, 1.165) is 4.68 Å². The maximum atomic E-state index is 12.0. The van der Waals surface area contributed by atoms with Gasteiger partial charge in [0.05, 0.1) is 29.8 Å². The number of aryl methyl sites for hydroxylation is 1. The molecule has 106 valence electrons. The van der Waals surface area contributed by atoms with Crippen LogP contribution < -0.4 is 5.32 Å². The average Bonchev–Trinajstić information content (AvgIpc) is 2.96. The molecule has 1 amide bonds. The number of carboxylic acid groups (broad SMARTS) is 1. The number of hydrogen-bond donors (Lipinski definition) is 2. The Morgan fingerprint density at radius 2 is 2.15 bits per heavy atom. The van der Waals surface area contributed by atoms with Gasteiger partial charge in [-0.15, -0.1) is 0 Å². The van der Waals surface area contributed by atoms with E-state index in [-0.39, 0.29) is 18.0 Å². The van der Waals surface area contributed by atoms with E-state index >= 15 is 0 Å². The molecule has 0 saturated heterocycles. The number of nitrogens with zero attached hydrogens (tertiary/aromatic N) is 4. The fourth-order valence-corrected chi connectivity index (χ4v) is 1.69. The quantitative estimate of drug-likeness (QED) is 0.807. The van der Waals surface area contributed by atoms with Crippen LogP contribution in [-0.2, 0) is 18.5 Å². The largest absolute Gasteiger partial charge is 0.477 e. The number of rotatable bonds is 5. The Morgan fingerprint density at radius 3 is 2.80 bits per heavy atom. The fraction of sp³-hybridized carbons (Fsp3) is 0.273. The normalized spacial score (nSPS) is 10.5. The SMILES string of the molecule is COCn1cc(NC(=O)c2cnn(C)c2C(=O)O)cn1. The number of aromatic nitrogens is 4. The van der Waals surface area contributed by atoms with Crippen molar-refractivity contribution in [3.8, 4) is 0 Å². The molecule has 2 heterocycles. The Labute approximate surface area is 113 Å². The lowest BCUT2D eigenvalue weighted by atomic mass is 10.2. The summed E-state index contributed by atoms with van der Waals surface area (Å²) in [5, 5.41) is 19.3. The van der Waals surface area contributed by atoms with Crippen molar-refractivity contribution in [2.24, 2.45) is 7.05 Å². The summed E-state index contributed by atoms with van der Waals surface area (Å²) in [5.41, 5.74) is 0.249. The number of carbonyl (C=O) groups is 2. The Hall–Kier alpha value is -2.68. The van der Waals surface area contributed by atoms with Crippen LogP contribution in [0, 0.1) is 0 Å². The van der Waals surface area contributed by atoms with E-state index in [1.165, 1.54) is 31.2 Å². The minimum absolute atomic E-state index is 0.0144. The molecule has 2 rings (SSSR count). The van der Waals surface area contributed by atoms with E-state index in [4.69, 9.17) is 9.84 Å². The first-order valence-electron chi connectivity index (χ1n) is 5.61. The van der Waals surface area contributed by atoms with Crippen molar-refractivity contribution in [3.63, 3.8) is 0 Å². The topological polar surface area (TPSA) is 111 Å². The third-order valence-corrected chi connectivity index (χ3v) is 2.54. The highest BCUT2D eigenvalue weighted by atomic mass is 16.5. The van der Waals surface area contributed by atoms with Gasteiger partial charge in [0.25, 0.3) is 5.91 Å². The van der Waals surface area contributed by atoms with Crippen LogP contribution in [0.15, 0.2) is 18.6 Å². The number of anilines is 1. The minimum Gasteiger partial charge on any atom is -0.477 e. The van der Waals surface area contributed by atoms with Crippen LogP contribution in [0.5, 0.6) is 0 Å². The van der Waals surface area contributed by atoms with E-state index in [2.05, 4.69) is 15.5 Å². The van der Waals surface area contributed by atoms with Crippen LogP contribution in [0.3, 0.4) is 0 Å². The van der Waals surface area contributed by atoms with Gasteiger partial charge in [0, 0.05) is 14.2 Å². The second kappa shape index (κ2) is 5.53. The second-order valence-corrected chi connectivity index (χ2v) is 3.98. The van der Waals surface area contributed by atoms with E-state index in [9.17, 15) is 9.59 Å². The molecule has 0 aromatic carbocycles. The highest BCUT2D eigenvalue weighted by molar-refractivity contribution is 6.09. The summed E-state index contributed by atoms with van der Waals surface area (Å²) in [6.45, 7) is 0.253. The molecule has 0 aliphatic rings. The molecule has 2 aromatic rings. The number of aromatic carboxylic acids is 1. The van der Waals surface area contributed by atoms with Gasteiger partial charge in [-0.2, -0.15) is 10.2 Å². The van der Waals surface area contributed by atoms with Crippen molar-refractivity contribution in [1.29, 1.82) is 0 Å². The van der Waals surface area contributed by atoms with Crippen LogP contribution in [-0.4, -0.2) is 43.7 Å². The van der Waals surface area contributed by atoms with Crippen molar-refractivity contribution in [2.75, 3.05) is 12.4 Å². The Morgan fingerprint density at radius 1 is 1.40 bits per heavy atom. The summed E-state index contributed by atoms with van der Waals surface area (Å²) in [7, 11) is 2.98. The van der Waals surface area contributed by atoms with E-state index in [1.807, 2.05) is 0 Å². The van der Waals surface area contributed by atoms with Gasteiger partial charge in [0.15, 0.2) is 5.69 Å². The molecule has 0 spiro atoms. The predicted octanol–water partition coefficient (Wildman–Crippen LogP) is 0.171. The van der Waals surface area contributed by atoms with Gasteiger partial charge in [-0.25, -0.2) is 9.48 Å². The summed E-state index contributed by atoms with van der Waals surface area (Å²) in [6.07, 6.45) is 4.21. The molecule has 0 aliphatic heterocycles. The van der Waals surface area contributed by atoms with Gasteiger partial charge < -0.3 is 15.2 Å². The summed E-state index contributed by atoms with van der Waals surface area (Å²) in [6, 6.07) is 0. The van der Waals surface area contributed by atoms with Gasteiger partial charge in [0.2, 0.25) is 0 Å². The van der Waals surface area contributed by atoms with Crippen LogP contribution >= 0.6 is 0 Å². The molecule has 9 heteroatoms. The summed E-state index contributed by atoms with van der Waals surface area (Å²) in [4.78, 5) is 23.1. The molecule has 0 bridgehead atoms. The molecule has 0 fully saturated rings. The molecule has 9 nitrogen and oxygen atoms in total. The zero-order valence-electron chi connectivity index (χ0n) is 10.9. The number of carbonyl (C=O) groups excluding carboxylic acids is 1. The van der Waals surface area contributed by atoms with Gasteiger partial charge in [-0.05, 0) is 0 Å². The molecule has 2 aromatic heterocycles. The smallest absolute Gasteiger partial charge is 0.354 e. The molecular weight excluding hydrogens is 266 g/mol. The molecular formula is C11H13N5O4. The Kier molecular flexibility index (Phi) is 3.80. The number of hydrogen-bond acceptors (Lipinski definition) is 5. The van der Waals surface area contributed by atoms with E-state index in [1.54, 1.807) is 6.20 Å². The number of ether oxygens (including phenoxy) is 1. The molecule has 20 heavy (non-hydrogen) atoms. The predicted molar refractivity (Wildman–Crippen MR) is 67.4 cm³/mol. The fourth-order valence-electron chi connectivity index (χ4n) is 1.69. The Bertz CT molecular complexity index is 645. The number of methoxy groups -OCH3 is 1. The summed E-state index contributed by atoms with van der Waals surface area (Å²) in [5.74, 6) is -1.78. The molecule has 0 aliphatic carbocycles. The van der Waals surface area contributed by atoms with Crippen molar-refractivity contribution < 1.29 is 19.4 Å². The van der Waals surface area contributed by atoms with Crippen LogP contribution in [0.2, 0.25) is 0 Å². The first-order valence-corrected chi connectivity index (χ1v) is 5.61. The van der Waals surface area contributed by atoms with Gasteiger partial charge in [0.1, 0.15) is 6.73 Å². The number of carboxylic acids is 1. The number of amides is 1. The molecule has 0 radical (unpaired) electrons. The van der Waals surface area contributed by atoms with E-state index in [0.29, 0.717) is 5.69 Å². The lowest BCUT2D eigenvalue weighted by molar-refractivity contribution is 0.0680. The van der Waals surface area contributed by atoms with Gasteiger partial charge >= 0.3 is 5.97 Å². The van der Waals surface area contributed by atoms with Crippen LogP contribution in [0.4, 0.5) is 5.69 Å². The Balaban J connectivity index is 2.17. The highest BCUT2D eigenvalue weighted by Crippen LogP contribution is 2.12. The molecule has 2 N–H and O–H groups in total. The molecule has 0 unspecified atom stereocenters.